The predicted octanol–water partition coefficient (Wildman–Crippen LogP) is 2.40. The summed E-state index contributed by atoms with van der Waals surface area (Å²) in [5.41, 5.74) is 1.09. The summed E-state index contributed by atoms with van der Waals surface area (Å²) in [6, 6.07) is 0. The van der Waals surface area contributed by atoms with Gasteiger partial charge in [-0.1, -0.05) is 26.7 Å². The molecule has 0 unspecified atom stereocenters. The third kappa shape index (κ3) is 5.50. The number of nitrogens with one attached hydrogen (secondary N) is 1. The van der Waals surface area contributed by atoms with Crippen LogP contribution in [0.15, 0.2) is 12.4 Å². The second-order valence-electron chi connectivity index (χ2n) is 6.26. The number of ether oxygens (including phenoxy) is 1. The molecule has 1 aliphatic heterocycles. The Morgan fingerprint density at radius 3 is 3.14 bits per heavy atom. The first-order valence-corrected chi connectivity index (χ1v) is 8.02. The number of hydrogen-bond acceptors (Lipinski definition) is 3. The topological polar surface area (TPSA) is 58.2 Å². The fourth-order valence-corrected chi connectivity index (χ4v) is 2.70. The van der Waals surface area contributed by atoms with E-state index in [0.29, 0.717) is 13.0 Å². The molecule has 1 aromatic rings. The largest absolute Gasteiger partial charge is 0.375 e. The Labute approximate surface area is 127 Å². The van der Waals surface area contributed by atoms with E-state index >= 15 is 0 Å². The van der Waals surface area contributed by atoms with Crippen molar-refractivity contribution in [2.45, 2.75) is 52.1 Å². The first-order valence-electron chi connectivity index (χ1n) is 8.02. The minimum Gasteiger partial charge on any atom is -0.375 e. The Balaban J connectivity index is 1.70. The molecule has 1 aromatic heterocycles. The van der Waals surface area contributed by atoms with Crippen LogP contribution >= 0.6 is 0 Å². The number of carbonyl (C=O) groups is 1. The number of aromatic amines is 1. The Bertz CT molecular complexity index is 417. The van der Waals surface area contributed by atoms with Crippen LogP contribution in [0.5, 0.6) is 0 Å². The Morgan fingerprint density at radius 2 is 2.43 bits per heavy atom. The fourth-order valence-electron chi connectivity index (χ4n) is 2.70. The van der Waals surface area contributed by atoms with Crippen molar-refractivity contribution in [3.63, 3.8) is 0 Å². The van der Waals surface area contributed by atoms with E-state index in [9.17, 15) is 4.79 Å². The van der Waals surface area contributed by atoms with Crippen LogP contribution in [-0.4, -0.2) is 46.8 Å². The number of morpholine rings is 1. The summed E-state index contributed by atoms with van der Waals surface area (Å²) in [5.74, 6) is 0.967. The normalized spacial score (nSPS) is 19.2. The number of rotatable bonds is 7. The van der Waals surface area contributed by atoms with Gasteiger partial charge in [-0.25, -0.2) is 0 Å². The summed E-state index contributed by atoms with van der Waals surface area (Å²) in [5, 5.41) is 6.68. The van der Waals surface area contributed by atoms with Crippen LogP contribution in [0.2, 0.25) is 0 Å². The number of hydrogen-bond donors (Lipinski definition) is 1. The maximum atomic E-state index is 12.3. The summed E-state index contributed by atoms with van der Waals surface area (Å²) in [4.78, 5) is 14.2. The van der Waals surface area contributed by atoms with Gasteiger partial charge in [0.05, 0.1) is 18.9 Å². The van der Waals surface area contributed by atoms with Gasteiger partial charge >= 0.3 is 0 Å². The molecule has 1 saturated heterocycles. The van der Waals surface area contributed by atoms with Gasteiger partial charge in [0.15, 0.2) is 0 Å². The number of H-pyrrole nitrogens is 1. The van der Waals surface area contributed by atoms with Gasteiger partial charge in [0, 0.05) is 25.7 Å². The second kappa shape index (κ2) is 8.17. The van der Waals surface area contributed by atoms with Crippen molar-refractivity contribution in [2.24, 2.45) is 5.92 Å². The molecule has 1 atom stereocenters. The van der Waals surface area contributed by atoms with Crippen LogP contribution in [0.4, 0.5) is 0 Å². The summed E-state index contributed by atoms with van der Waals surface area (Å²) >= 11 is 0. The molecular formula is C16H27N3O2. The minimum atomic E-state index is 0.218. The van der Waals surface area contributed by atoms with E-state index in [1.165, 1.54) is 12.8 Å². The van der Waals surface area contributed by atoms with Gasteiger partial charge in [-0.3, -0.25) is 9.89 Å². The average Bonchev–Trinajstić information content (AvgIpc) is 2.98. The van der Waals surface area contributed by atoms with Crippen molar-refractivity contribution in [2.75, 3.05) is 19.7 Å². The van der Waals surface area contributed by atoms with Crippen molar-refractivity contribution < 1.29 is 9.53 Å². The van der Waals surface area contributed by atoms with E-state index in [2.05, 4.69) is 24.0 Å². The quantitative estimate of drug-likeness (QED) is 0.840. The van der Waals surface area contributed by atoms with Crippen LogP contribution < -0.4 is 0 Å². The van der Waals surface area contributed by atoms with Gasteiger partial charge in [-0.2, -0.15) is 5.10 Å². The number of carbonyl (C=O) groups excluding carboxylic acids is 1. The summed E-state index contributed by atoms with van der Waals surface area (Å²) in [6.07, 6.45) is 8.62. The molecule has 0 radical (unpaired) electrons. The molecule has 0 aliphatic carbocycles. The Morgan fingerprint density at radius 1 is 1.57 bits per heavy atom. The van der Waals surface area contributed by atoms with E-state index < -0.39 is 0 Å². The molecule has 0 saturated carbocycles. The molecule has 2 heterocycles. The lowest BCUT2D eigenvalue weighted by Gasteiger charge is -2.33. The fraction of sp³-hybridized carbons (Fsp3) is 0.750. The number of nitrogens with zero attached hydrogens (tertiary/aromatic N) is 2. The molecule has 1 N–H and O–H groups in total. The number of aromatic nitrogens is 2. The predicted molar refractivity (Wildman–Crippen MR) is 81.9 cm³/mol. The zero-order chi connectivity index (χ0) is 15.1. The molecule has 5 heteroatoms. The zero-order valence-electron chi connectivity index (χ0n) is 13.2. The van der Waals surface area contributed by atoms with E-state index in [0.717, 1.165) is 37.4 Å². The highest BCUT2D eigenvalue weighted by molar-refractivity contribution is 5.76. The van der Waals surface area contributed by atoms with E-state index in [1.54, 1.807) is 6.20 Å². The maximum absolute atomic E-state index is 12.3. The average molecular weight is 293 g/mol. The SMILES string of the molecule is CC(C)CCC[C@H]1CN(C(=O)CCc2cn[nH]c2)CCO1. The van der Waals surface area contributed by atoms with Gasteiger partial charge in [0.1, 0.15) is 0 Å². The van der Waals surface area contributed by atoms with Gasteiger partial charge < -0.3 is 9.64 Å². The summed E-state index contributed by atoms with van der Waals surface area (Å²) in [7, 11) is 0. The van der Waals surface area contributed by atoms with Gasteiger partial charge in [-0.05, 0) is 24.3 Å². The molecule has 2 rings (SSSR count). The molecule has 0 spiro atoms. The molecule has 118 valence electrons. The van der Waals surface area contributed by atoms with Crippen LogP contribution in [0.1, 0.15) is 45.1 Å². The van der Waals surface area contributed by atoms with Crippen molar-refractivity contribution in [1.82, 2.24) is 15.1 Å². The first-order chi connectivity index (χ1) is 10.1. The highest BCUT2D eigenvalue weighted by Gasteiger charge is 2.23. The molecule has 1 amide bonds. The molecular weight excluding hydrogens is 266 g/mol. The lowest BCUT2D eigenvalue weighted by molar-refractivity contribution is -0.139. The standard InChI is InChI=1S/C16H27N3O2/c1-13(2)4-3-5-15-12-19(8-9-21-15)16(20)7-6-14-10-17-18-11-14/h10-11,13,15H,3-9,12H2,1-2H3,(H,17,18)/t15-/m0/s1. The lowest BCUT2D eigenvalue weighted by atomic mass is 10.0. The minimum absolute atomic E-state index is 0.218. The molecule has 1 fully saturated rings. The second-order valence-corrected chi connectivity index (χ2v) is 6.26. The summed E-state index contributed by atoms with van der Waals surface area (Å²) < 4.78 is 5.78. The smallest absolute Gasteiger partial charge is 0.223 e. The van der Waals surface area contributed by atoms with Crippen molar-refractivity contribution in [3.8, 4) is 0 Å². The van der Waals surface area contributed by atoms with Crippen LogP contribution in [-0.2, 0) is 16.0 Å². The molecule has 0 aromatic carbocycles. The lowest BCUT2D eigenvalue weighted by Crippen LogP contribution is -2.45. The Kier molecular flexibility index (Phi) is 6.23. The highest BCUT2D eigenvalue weighted by Crippen LogP contribution is 2.15. The van der Waals surface area contributed by atoms with Crippen LogP contribution in [0, 0.1) is 5.92 Å². The summed E-state index contributed by atoms with van der Waals surface area (Å²) in [6.45, 7) is 6.64. The molecule has 5 nitrogen and oxygen atoms in total. The number of aryl methyl sites for hydroxylation is 1. The van der Waals surface area contributed by atoms with E-state index in [1.807, 2.05) is 11.1 Å². The van der Waals surface area contributed by atoms with Crippen molar-refractivity contribution >= 4 is 5.91 Å². The zero-order valence-corrected chi connectivity index (χ0v) is 13.2. The van der Waals surface area contributed by atoms with E-state index in [4.69, 9.17) is 4.74 Å². The number of amides is 1. The van der Waals surface area contributed by atoms with Crippen LogP contribution in [0.25, 0.3) is 0 Å². The van der Waals surface area contributed by atoms with Gasteiger partial charge in [0.2, 0.25) is 5.91 Å². The van der Waals surface area contributed by atoms with Crippen molar-refractivity contribution in [1.29, 1.82) is 0 Å². The van der Waals surface area contributed by atoms with E-state index in [-0.39, 0.29) is 12.0 Å². The van der Waals surface area contributed by atoms with Gasteiger partial charge in [-0.15, -0.1) is 0 Å². The molecule has 0 bridgehead atoms. The first kappa shape index (κ1) is 16.0. The van der Waals surface area contributed by atoms with Crippen molar-refractivity contribution in [3.05, 3.63) is 18.0 Å². The Hall–Kier alpha value is -1.36. The van der Waals surface area contributed by atoms with Crippen LogP contribution in [0.3, 0.4) is 0 Å². The third-order valence-corrected chi connectivity index (χ3v) is 3.98. The molecule has 21 heavy (non-hydrogen) atoms. The monoisotopic (exact) mass is 293 g/mol. The third-order valence-electron chi connectivity index (χ3n) is 3.98. The maximum Gasteiger partial charge on any atom is 0.223 e. The highest BCUT2D eigenvalue weighted by atomic mass is 16.5. The van der Waals surface area contributed by atoms with Gasteiger partial charge in [0.25, 0.3) is 0 Å². The molecule has 1 aliphatic rings.